The van der Waals surface area contributed by atoms with Crippen LogP contribution in [-0.2, 0) is 17.6 Å². The number of anilines is 1. The highest BCUT2D eigenvalue weighted by atomic mass is 32.2. The van der Waals surface area contributed by atoms with Gasteiger partial charge in [0.25, 0.3) is 11.5 Å². The minimum Gasteiger partial charge on any atom is -0.493 e. The van der Waals surface area contributed by atoms with Crippen LogP contribution >= 0.6 is 24.0 Å². The van der Waals surface area contributed by atoms with Gasteiger partial charge in [-0.2, -0.15) is 0 Å². The molecule has 2 aromatic heterocycles. The Labute approximate surface area is 248 Å². The maximum atomic E-state index is 13.7. The van der Waals surface area contributed by atoms with Crippen molar-refractivity contribution in [1.82, 2.24) is 14.3 Å². The molecular weight excluding hydrogens is 556 g/mol. The van der Waals surface area contributed by atoms with E-state index in [1.54, 1.807) is 31.4 Å². The number of hydrogen-bond donors (Lipinski definition) is 1. The van der Waals surface area contributed by atoms with E-state index in [4.69, 9.17) is 26.7 Å². The van der Waals surface area contributed by atoms with E-state index >= 15 is 0 Å². The molecule has 0 bridgehead atoms. The molecule has 41 heavy (non-hydrogen) atoms. The van der Waals surface area contributed by atoms with Crippen molar-refractivity contribution in [3.05, 3.63) is 104 Å². The molecule has 3 heterocycles. The number of fused-ring (bicyclic) bond motifs is 1. The van der Waals surface area contributed by atoms with Crippen LogP contribution < -0.4 is 20.3 Å². The van der Waals surface area contributed by atoms with Crippen molar-refractivity contribution < 1.29 is 14.3 Å². The summed E-state index contributed by atoms with van der Waals surface area (Å²) in [6.07, 6.45) is 4.64. The highest BCUT2D eigenvalue weighted by molar-refractivity contribution is 8.26. The summed E-state index contributed by atoms with van der Waals surface area (Å²) in [5, 5.41) is 3.34. The second-order valence-electron chi connectivity index (χ2n) is 9.50. The number of amides is 1. The second-order valence-corrected chi connectivity index (χ2v) is 11.2. The van der Waals surface area contributed by atoms with Gasteiger partial charge in [0.2, 0.25) is 0 Å². The van der Waals surface area contributed by atoms with E-state index in [0.29, 0.717) is 57.3 Å². The van der Waals surface area contributed by atoms with Crippen molar-refractivity contribution in [3.8, 4) is 11.5 Å². The largest absolute Gasteiger partial charge is 0.493 e. The van der Waals surface area contributed by atoms with E-state index in [2.05, 4.69) is 17.4 Å². The predicted molar refractivity (Wildman–Crippen MR) is 168 cm³/mol. The van der Waals surface area contributed by atoms with Gasteiger partial charge >= 0.3 is 0 Å². The monoisotopic (exact) mass is 586 g/mol. The molecule has 0 radical (unpaired) electrons. The van der Waals surface area contributed by atoms with Gasteiger partial charge in [-0.3, -0.25) is 18.9 Å². The number of ether oxygens (including phenoxy) is 2. The van der Waals surface area contributed by atoms with Gasteiger partial charge in [-0.1, -0.05) is 66.4 Å². The van der Waals surface area contributed by atoms with Crippen molar-refractivity contribution in [2.45, 2.75) is 19.8 Å². The van der Waals surface area contributed by atoms with Crippen LogP contribution in [0.4, 0.5) is 5.82 Å². The first-order chi connectivity index (χ1) is 19.9. The zero-order valence-electron chi connectivity index (χ0n) is 23.0. The van der Waals surface area contributed by atoms with Crippen LogP contribution in [-0.4, -0.2) is 51.8 Å². The number of rotatable bonds is 10. The number of thiocarbonyl (C=S) groups is 1. The summed E-state index contributed by atoms with van der Waals surface area (Å²) in [4.78, 5) is 33.9. The Balaban J connectivity index is 1.41. The molecule has 1 amide bonds. The molecule has 10 heteroatoms. The number of carbonyl (C=O) groups excluding carboxylic acids is 1. The van der Waals surface area contributed by atoms with Crippen LogP contribution in [0.2, 0.25) is 0 Å². The Morgan fingerprint density at radius 3 is 2.51 bits per heavy atom. The molecule has 8 nitrogen and oxygen atoms in total. The van der Waals surface area contributed by atoms with Gasteiger partial charge in [0.05, 0.1) is 24.7 Å². The quantitative estimate of drug-likeness (QED) is 0.203. The van der Waals surface area contributed by atoms with Crippen LogP contribution in [0.1, 0.15) is 22.3 Å². The molecule has 0 atom stereocenters. The number of nitrogens with one attached hydrogen (secondary N) is 1. The first-order valence-corrected chi connectivity index (χ1v) is 14.4. The minimum atomic E-state index is -0.253. The lowest BCUT2D eigenvalue weighted by Gasteiger charge is -2.15. The number of carbonyl (C=O) groups is 1. The number of aromatic nitrogens is 2. The fourth-order valence-corrected chi connectivity index (χ4v) is 5.94. The van der Waals surface area contributed by atoms with E-state index in [9.17, 15) is 9.59 Å². The van der Waals surface area contributed by atoms with Gasteiger partial charge in [-0.05, 0) is 60.7 Å². The lowest BCUT2D eigenvalue weighted by atomic mass is 10.1. The minimum absolute atomic E-state index is 0.232. The summed E-state index contributed by atoms with van der Waals surface area (Å²) in [6, 6.07) is 19.5. The molecule has 1 aliphatic heterocycles. The fourth-order valence-electron chi connectivity index (χ4n) is 4.65. The average molecular weight is 587 g/mol. The van der Waals surface area contributed by atoms with Crippen LogP contribution in [0, 0.1) is 6.92 Å². The molecule has 0 unspecified atom stereocenters. The number of hydrogen-bond acceptors (Lipinski definition) is 8. The molecule has 1 saturated heterocycles. The van der Waals surface area contributed by atoms with Gasteiger partial charge in [-0.15, -0.1) is 0 Å². The standard InChI is InChI=1S/C31H30N4O4S2/c1-20-8-7-16-34-28(20)33-27(32-15-13-21-9-5-4-6-10-21)23(29(34)36)19-26-30(37)35(31(40)41-26)17-14-22-11-12-24(38-2)25(18-22)39-3/h4-12,16,18-19,32H,13-15,17H2,1-3H3/b26-19+. The number of nitrogens with zero attached hydrogens (tertiary/aromatic N) is 3. The van der Waals surface area contributed by atoms with Crippen LogP contribution in [0.25, 0.3) is 11.7 Å². The van der Waals surface area contributed by atoms with Crippen molar-refractivity contribution in [1.29, 1.82) is 0 Å². The molecule has 2 aromatic carbocycles. The number of pyridine rings is 1. The summed E-state index contributed by atoms with van der Waals surface area (Å²) in [6.45, 7) is 2.89. The Morgan fingerprint density at radius 1 is 0.976 bits per heavy atom. The molecule has 4 aromatic rings. The fraction of sp³-hybridized carbons (Fsp3) is 0.226. The average Bonchev–Trinajstić information content (AvgIpc) is 3.25. The summed E-state index contributed by atoms with van der Waals surface area (Å²) in [5.41, 5.74) is 3.67. The highest BCUT2D eigenvalue weighted by Gasteiger charge is 2.32. The van der Waals surface area contributed by atoms with E-state index in [0.717, 1.165) is 17.5 Å². The third-order valence-electron chi connectivity index (χ3n) is 6.85. The zero-order valence-corrected chi connectivity index (χ0v) is 24.7. The van der Waals surface area contributed by atoms with Gasteiger partial charge < -0.3 is 14.8 Å². The Bertz CT molecular complexity index is 1700. The maximum absolute atomic E-state index is 13.7. The maximum Gasteiger partial charge on any atom is 0.267 e. The lowest BCUT2D eigenvalue weighted by Crippen LogP contribution is -2.30. The third-order valence-corrected chi connectivity index (χ3v) is 8.23. The van der Waals surface area contributed by atoms with Gasteiger partial charge in [0.1, 0.15) is 15.8 Å². The van der Waals surface area contributed by atoms with Gasteiger partial charge in [-0.25, -0.2) is 4.98 Å². The summed E-state index contributed by atoms with van der Waals surface area (Å²) in [7, 11) is 3.18. The third kappa shape index (κ3) is 6.13. The number of aryl methyl sites for hydroxylation is 1. The van der Waals surface area contributed by atoms with Crippen molar-refractivity contribution in [3.63, 3.8) is 0 Å². The first-order valence-electron chi connectivity index (χ1n) is 13.2. The van der Waals surface area contributed by atoms with Crippen LogP contribution in [0.3, 0.4) is 0 Å². The van der Waals surface area contributed by atoms with Crippen molar-refractivity contribution in [2.24, 2.45) is 0 Å². The molecule has 0 spiro atoms. The van der Waals surface area contributed by atoms with E-state index in [1.807, 2.05) is 55.5 Å². The molecule has 5 rings (SSSR count). The Hall–Kier alpha value is -4.15. The van der Waals surface area contributed by atoms with Crippen molar-refractivity contribution in [2.75, 3.05) is 32.6 Å². The van der Waals surface area contributed by atoms with Gasteiger partial charge in [0.15, 0.2) is 11.5 Å². The van der Waals surface area contributed by atoms with E-state index in [-0.39, 0.29) is 11.5 Å². The molecule has 0 aliphatic carbocycles. The SMILES string of the molecule is COc1ccc(CCN2C(=O)/C(=C\c3c(NCCc4ccccc4)nc4c(C)cccn4c3=O)SC2=S)cc1OC. The molecule has 210 valence electrons. The second kappa shape index (κ2) is 12.6. The predicted octanol–water partition coefficient (Wildman–Crippen LogP) is 5.12. The van der Waals surface area contributed by atoms with Crippen molar-refractivity contribution >= 4 is 51.7 Å². The smallest absolute Gasteiger partial charge is 0.267 e. The van der Waals surface area contributed by atoms with E-state index in [1.165, 1.54) is 21.7 Å². The molecule has 0 saturated carbocycles. The first kappa shape index (κ1) is 28.4. The topological polar surface area (TPSA) is 85.2 Å². The van der Waals surface area contributed by atoms with Gasteiger partial charge in [0, 0.05) is 19.3 Å². The zero-order chi connectivity index (χ0) is 28.9. The lowest BCUT2D eigenvalue weighted by molar-refractivity contribution is -0.122. The van der Waals surface area contributed by atoms with Crippen LogP contribution in [0.15, 0.2) is 76.6 Å². The van der Waals surface area contributed by atoms with E-state index < -0.39 is 0 Å². The highest BCUT2D eigenvalue weighted by Crippen LogP contribution is 2.34. The normalized spacial score (nSPS) is 14.2. The number of thioether (sulfide) groups is 1. The molecule has 1 aliphatic rings. The summed E-state index contributed by atoms with van der Waals surface area (Å²) in [5.74, 6) is 1.48. The molecule has 1 N–H and O–H groups in total. The Morgan fingerprint density at radius 2 is 1.76 bits per heavy atom. The molecular formula is C31H30N4O4S2. The Kier molecular flexibility index (Phi) is 8.70. The summed E-state index contributed by atoms with van der Waals surface area (Å²) >= 11 is 6.76. The summed E-state index contributed by atoms with van der Waals surface area (Å²) < 4.78 is 12.7. The van der Waals surface area contributed by atoms with Crippen LogP contribution in [0.5, 0.6) is 11.5 Å². The molecule has 1 fully saturated rings. The number of methoxy groups -OCH3 is 2. The number of benzene rings is 2.